The van der Waals surface area contributed by atoms with E-state index in [4.69, 9.17) is 24.3 Å². The average Bonchev–Trinajstić information content (AvgIpc) is 3.34. The van der Waals surface area contributed by atoms with E-state index in [9.17, 15) is 19.0 Å². The van der Waals surface area contributed by atoms with Crippen molar-refractivity contribution in [3.05, 3.63) is 72.9 Å². The number of allylic oxidation sites excluding steroid dienone is 12. The Kier molecular flexibility index (Phi) is 52.8. The molecule has 3 N–H and O–H groups in total. The Labute approximate surface area is 424 Å². The molecule has 0 aliphatic heterocycles. The number of phosphoric acid groups is 1. The highest BCUT2D eigenvalue weighted by molar-refractivity contribution is 7.47. The van der Waals surface area contributed by atoms with E-state index in [1.54, 1.807) is 0 Å². The van der Waals surface area contributed by atoms with Crippen molar-refractivity contribution in [1.29, 1.82) is 0 Å². The first-order valence-corrected chi connectivity index (χ1v) is 29.9. The number of hydrogen-bond acceptors (Lipinski definition) is 8. The van der Waals surface area contributed by atoms with Crippen molar-refractivity contribution in [2.45, 2.75) is 264 Å². The predicted molar refractivity (Wildman–Crippen MR) is 293 cm³/mol. The first-order valence-electron chi connectivity index (χ1n) is 28.4. The molecule has 0 aromatic carbocycles. The van der Waals surface area contributed by atoms with Crippen molar-refractivity contribution in [3.63, 3.8) is 0 Å². The van der Waals surface area contributed by atoms with Crippen molar-refractivity contribution in [2.24, 2.45) is 5.73 Å². The van der Waals surface area contributed by atoms with Gasteiger partial charge in [0.25, 0.3) is 0 Å². The summed E-state index contributed by atoms with van der Waals surface area (Å²) in [7, 11) is -4.40. The fraction of sp³-hybridized carbons (Fsp3) is 0.763. The van der Waals surface area contributed by atoms with Crippen molar-refractivity contribution in [3.8, 4) is 0 Å². The molecule has 0 rings (SSSR count). The van der Waals surface area contributed by atoms with Gasteiger partial charge in [0.05, 0.1) is 13.2 Å². The van der Waals surface area contributed by atoms with Crippen LogP contribution < -0.4 is 5.73 Å². The molecule has 0 saturated heterocycles. The van der Waals surface area contributed by atoms with Gasteiger partial charge in [-0.05, 0) is 83.5 Å². The minimum Gasteiger partial charge on any atom is -0.462 e. The van der Waals surface area contributed by atoms with Crippen molar-refractivity contribution >= 4 is 19.8 Å². The van der Waals surface area contributed by atoms with Gasteiger partial charge in [0.1, 0.15) is 6.61 Å². The summed E-state index contributed by atoms with van der Waals surface area (Å²) < 4.78 is 33.0. The lowest BCUT2D eigenvalue weighted by molar-refractivity contribution is -0.161. The van der Waals surface area contributed by atoms with Gasteiger partial charge < -0.3 is 20.1 Å². The Morgan fingerprint density at radius 3 is 1.22 bits per heavy atom. The van der Waals surface area contributed by atoms with Crippen LogP contribution in [0.2, 0.25) is 0 Å². The van der Waals surface area contributed by atoms with Crippen LogP contribution in [0.3, 0.4) is 0 Å². The fourth-order valence-corrected chi connectivity index (χ4v) is 8.66. The van der Waals surface area contributed by atoms with Crippen molar-refractivity contribution < 1.29 is 37.6 Å². The molecule has 0 bridgehead atoms. The van der Waals surface area contributed by atoms with Gasteiger partial charge in [0.15, 0.2) is 6.10 Å². The van der Waals surface area contributed by atoms with Crippen LogP contribution >= 0.6 is 7.82 Å². The first kappa shape index (κ1) is 66.5. The molecule has 0 aromatic rings. The Bertz CT molecular complexity index is 1360. The number of nitrogens with two attached hydrogens (primary N) is 1. The van der Waals surface area contributed by atoms with E-state index in [1.807, 2.05) is 0 Å². The molecule has 400 valence electrons. The monoisotopic (exact) mass is 988 g/mol. The molecule has 0 aliphatic rings. The number of phosphoric ester groups is 1. The zero-order valence-corrected chi connectivity index (χ0v) is 45.4. The normalized spacial score (nSPS) is 13.6. The van der Waals surface area contributed by atoms with Crippen LogP contribution in [0.15, 0.2) is 72.9 Å². The van der Waals surface area contributed by atoms with Crippen LogP contribution in [-0.2, 0) is 32.7 Å². The fourth-order valence-electron chi connectivity index (χ4n) is 7.89. The van der Waals surface area contributed by atoms with Crippen LogP contribution in [0.5, 0.6) is 0 Å². The summed E-state index contributed by atoms with van der Waals surface area (Å²) in [6.07, 6.45) is 69.7. The highest BCUT2D eigenvalue weighted by atomic mass is 31.2. The second kappa shape index (κ2) is 54.8. The number of hydrogen-bond donors (Lipinski definition) is 2. The largest absolute Gasteiger partial charge is 0.472 e. The molecule has 69 heavy (non-hydrogen) atoms. The predicted octanol–water partition coefficient (Wildman–Crippen LogP) is 17.7. The van der Waals surface area contributed by atoms with Gasteiger partial charge in [-0.3, -0.25) is 18.6 Å². The number of carbonyl (C=O) groups is 2. The number of esters is 2. The third-order valence-electron chi connectivity index (χ3n) is 12.1. The van der Waals surface area contributed by atoms with Crippen LogP contribution in [0.1, 0.15) is 258 Å². The lowest BCUT2D eigenvalue weighted by atomic mass is 10.0. The molecule has 9 nitrogen and oxygen atoms in total. The third kappa shape index (κ3) is 54.6. The molecule has 0 heterocycles. The molecule has 2 atom stereocenters. The molecule has 0 fully saturated rings. The molecular formula is C59H106NO8P. The number of unbranched alkanes of at least 4 members (excludes halogenated alkanes) is 28. The molecule has 0 aromatic heterocycles. The maximum atomic E-state index is 12.7. The van der Waals surface area contributed by atoms with E-state index in [0.717, 1.165) is 70.6 Å². The number of rotatable bonds is 53. The van der Waals surface area contributed by atoms with E-state index >= 15 is 0 Å². The summed E-state index contributed by atoms with van der Waals surface area (Å²) in [5, 5.41) is 0. The van der Waals surface area contributed by atoms with E-state index in [1.165, 1.54) is 154 Å². The average molecular weight is 988 g/mol. The van der Waals surface area contributed by atoms with Gasteiger partial charge in [-0.2, -0.15) is 0 Å². The summed E-state index contributed by atoms with van der Waals surface area (Å²) in [5.74, 6) is -0.861. The smallest absolute Gasteiger partial charge is 0.462 e. The van der Waals surface area contributed by atoms with E-state index in [2.05, 4.69) is 86.8 Å². The van der Waals surface area contributed by atoms with E-state index in [-0.39, 0.29) is 38.6 Å². The van der Waals surface area contributed by atoms with Gasteiger partial charge >= 0.3 is 19.8 Å². The lowest BCUT2D eigenvalue weighted by Crippen LogP contribution is -2.29. The Morgan fingerprint density at radius 2 is 0.797 bits per heavy atom. The quantitative estimate of drug-likeness (QED) is 0.0264. The Morgan fingerprint density at radius 1 is 0.449 bits per heavy atom. The van der Waals surface area contributed by atoms with Crippen molar-refractivity contribution in [2.75, 3.05) is 26.4 Å². The third-order valence-corrected chi connectivity index (χ3v) is 13.1. The summed E-state index contributed by atoms with van der Waals surface area (Å²) in [5.41, 5.74) is 5.37. The molecule has 2 unspecified atom stereocenters. The molecule has 0 amide bonds. The molecule has 0 spiro atoms. The Balaban J connectivity index is 3.97. The molecular weight excluding hydrogens is 882 g/mol. The maximum absolute atomic E-state index is 12.7. The van der Waals surface area contributed by atoms with Crippen LogP contribution in [-0.4, -0.2) is 49.3 Å². The SMILES string of the molecule is CC/C=C\C/C=C\C/C=C\C/C=C\C/C=C\CCCCCC(=O)OC(COC(=O)CCCCCCCCCCCCCCCCCCC/C=C\CCCCCCCCCC)COP(=O)(O)OCCN. The Hall–Kier alpha value is -2.55. The van der Waals surface area contributed by atoms with E-state index < -0.39 is 26.5 Å². The zero-order valence-electron chi connectivity index (χ0n) is 44.5. The van der Waals surface area contributed by atoms with Crippen LogP contribution in [0, 0.1) is 0 Å². The number of ether oxygens (including phenoxy) is 2. The summed E-state index contributed by atoms with van der Waals surface area (Å²) >= 11 is 0. The highest BCUT2D eigenvalue weighted by Crippen LogP contribution is 2.43. The molecule has 0 aliphatic carbocycles. The van der Waals surface area contributed by atoms with E-state index in [0.29, 0.717) is 6.42 Å². The second-order valence-corrected chi connectivity index (χ2v) is 20.2. The standard InChI is InChI=1S/C59H106NO8P/c1-3-5-7-9-11-13-15-17-19-21-23-24-25-26-27-28-29-30-31-32-34-35-37-39-41-43-45-47-49-51-58(61)65-55-57(56-67-69(63,64)66-54-53-60)68-59(62)52-50-48-46-44-42-40-38-36-33-22-20-18-16-14-12-10-8-6-4-2/h6,8,12,14,18,20-21,23,33,36,40,42,57H,3-5,7,9-11,13,15-17,19,22,24-32,34-35,37-39,41,43-56,60H2,1-2H3,(H,63,64)/b8-6-,14-12-,20-18-,23-21-,36-33-,42-40-. The minimum atomic E-state index is -4.40. The van der Waals surface area contributed by atoms with Gasteiger partial charge in [-0.25, -0.2) is 4.57 Å². The van der Waals surface area contributed by atoms with Crippen LogP contribution in [0.25, 0.3) is 0 Å². The van der Waals surface area contributed by atoms with Gasteiger partial charge in [-0.15, -0.1) is 0 Å². The maximum Gasteiger partial charge on any atom is 0.472 e. The molecule has 10 heteroatoms. The molecule has 0 saturated carbocycles. The topological polar surface area (TPSA) is 134 Å². The van der Waals surface area contributed by atoms with Gasteiger partial charge in [-0.1, -0.05) is 234 Å². The molecule has 0 radical (unpaired) electrons. The van der Waals surface area contributed by atoms with Crippen molar-refractivity contribution in [1.82, 2.24) is 0 Å². The summed E-state index contributed by atoms with van der Waals surface area (Å²) in [4.78, 5) is 35.1. The highest BCUT2D eigenvalue weighted by Gasteiger charge is 2.26. The summed E-state index contributed by atoms with van der Waals surface area (Å²) in [6.45, 7) is 3.61. The summed E-state index contributed by atoms with van der Waals surface area (Å²) in [6, 6.07) is 0. The second-order valence-electron chi connectivity index (χ2n) is 18.8. The van der Waals surface area contributed by atoms with Gasteiger partial charge in [0, 0.05) is 19.4 Å². The van der Waals surface area contributed by atoms with Gasteiger partial charge in [0.2, 0.25) is 0 Å². The lowest BCUT2D eigenvalue weighted by Gasteiger charge is -2.19. The first-order chi connectivity index (χ1) is 33.8. The zero-order chi connectivity index (χ0) is 50.2. The van der Waals surface area contributed by atoms with Crippen LogP contribution in [0.4, 0.5) is 0 Å². The number of carbonyl (C=O) groups excluding carboxylic acids is 2. The minimum absolute atomic E-state index is 0.0453.